The number of carbonyl (C=O) groups excluding carboxylic acids is 1. The molecule has 0 aliphatic carbocycles. The summed E-state index contributed by atoms with van der Waals surface area (Å²) in [5, 5.41) is 6.46. The zero-order valence-corrected chi connectivity index (χ0v) is 16.8. The Morgan fingerprint density at radius 3 is 2.52 bits per heavy atom. The summed E-state index contributed by atoms with van der Waals surface area (Å²) in [5.41, 5.74) is 0.688. The molecule has 2 aliphatic heterocycles. The second-order valence-corrected chi connectivity index (χ2v) is 7.32. The van der Waals surface area contributed by atoms with Gasteiger partial charge in [-0.25, -0.2) is 0 Å². The van der Waals surface area contributed by atoms with Crippen LogP contribution < -0.4 is 15.4 Å². The standard InChI is InChI=1S/C20H30N2O4.ClH/c1-24-15-20(8-10-21-11-9-20)14-22-19(23)16-2-4-17(5-3-16)26-18-6-12-25-13-7-18;/h2-5,18,21H,6-15H2,1H3,(H,22,23);1H. The predicted molar refractivity (Wildman–Crippen MR) is 107 cm³/mol. The Balaban J connectivity index is 0.00000261. The van der Waals surface area contributed by atoms with Gasteiger partial charge >= 0.3 is 0 Å². The summed E-state index contributed by atoms with van der Waals surface area (Å²) in [6, 6.07) is 7.41. The number of benzene rings is 1. The van der Waals surface area contributed by atoms with Crippen molar-refractivity contribution in [2.75, 3.05) is 46.6 Å². The SMILES string of the molecule is COCC1(CNC(=O)c2ccc(OC3CCOCC3)cc2)CCNCC1.Cl. The Labute approximate surface area is 167 Å². The minimum absolute atomic E-state index is 0. The first-order valence-corrected chi connectivity index (χ1v) is 9.53. The van der Waals surface area contributed by atoms with E-state index in [1.54, 1.807) is 7.11 Å². The van der Waals surface area contributed by atoms with Crippen LogP contribution in [-0.4, -0.2) is 58.6 Å². The second kappa shape index (κ2) is 10.9. The first kappa shape index (κ1) is 22.0. The van der Waals surface area contributed by atoms with E-state index in [4.69, 9.17) is 14.2 Å². The van der Waals surface area contributed by atoms with E-state index in [-0.39, 0.29) is 29.8 Å². The van der Waals surface area contributed by atoms with Crippen LogP contribution in [0.1, 0.15) is 36.0 Å². The van der Waals surface area contributed by atoms with Crippen molar-refractivity contribution >= 4 is 18.3 Å². The third kappa shape index (κ3) is 6.35. The highest BCUT2D eigenvalue weighted by Gasteiger charge is 2.32. The van der Waals surface area contributed by atoms with Gasteiger partial charge in [0.2, 0.25) is 0 Å². The van der Waals surface area contributed by atoms with E-state index >= 15 is 0 Å². The summed E-state index contributed by atoms with van der Waals surface area (Å²) >= 11 is 0. The zero-order chi connectivity index (χ0) is 18.2. The van der Waals surface area contributed by atoms with Crippen molar-refractivity contribution in [1.82, 2.24) is 10.6 Å². The molecule has 0 spiro atoms. The number of amides is 1. The predicted octanol–water partition coefficient (Wildman–Crippen LogP) is 2.41. The van der Waals surface area contributed by atoms with Gasteiger partial charge in [0.25, 0.3) is 5.91 Å². The van der Waals surface area contributed by atoms with Gasteiger partial charge in [-0.3, -0.25) is 4.79 Å². The summed E-state index contributed by atoms with van der Waals surface area (Å²) < 4.78 is 16.7. The fourth-order valence-electron chi connectivity index (χ4n) is 3.68. The van der Waals surface area contributed by atoms with Gasteiger partial charge in [-0.05, 0) is 50.2 Å². The molecule has 7 heteroatoms. The minimum atomic E-state index is -0.0448. The molecule has 2 N–H and O–H groups in total. The van der Waals surface area contributed by atoms with E-state index in [1.165, 1.54) is 0 Å². The molecule has 2 saturated heterocycles. The monoisotopic (exact) mass is 398 g/mol. The number of hydrogen-bond acceptors (Lipinski definition) is 5. The lowest BCUT2D eigenvalue weighted by Crippen LogP contribution is -2.47. The topological polar surface area (TPSA) is 68.8 Å². The Kier molecular flexibility index (Phi) is 8.83. The van der Waals surface area contributed by atoms with Crippen LogP contribution >= 0.6 is 12.4 Å². The molecule has 0 radical (unpaired) electrons. The highest BCUT2D eigenvalue weighted by atomic mass is 35.5. The number of nitrogens with one attached hydrogen (secondary N) is 2. The van der Waals surface area contributed by atoms with Crippen LogP contribution in [0.4, 0.5) is 0 Å². The maximum Gasteiger partial charge on any atom is 0.251 e. The Hall–Kier alpha value is -1.34. The highest BCUT2D eigenvalue weighted by Crippen LogP contribution is 2.28. The number of methoxy groups -OCH3 is 1. The molecule has 0 aromatic heterocycles. The van der Waals surface area contributed by atoms with Gasteiger partial charge in [0, 0.05) is 37.5 Å². The molecule has 1 aromatic carbocycles. The van der Waals surface area contributed by atoms with Gasteiger partial charge in [-0.2, -0.15) is 0 Å². The molecule has 27 heavy (non-hydrogen) atoms. The summed E-state index contributed by atoms with van der Waals surface area (Å²) in [7, 11) is 1.72. The van der Waals surface area contributed by atoms with Gasteiger partial charge in [0.15, 0.2) is 0 Å². The fraction of sp³-hybridized carbons (Fsp3) is 0.650. The molecule has 1 amide bonds. The summed E-state index contributed by atoms with van der Waals surface area (Å²) in [6.45, 7) is 4.76. The molecule has 0 bridgehead atoms. The Bertz CT molecular complexity index is 564. The third-order valence-electron chi connectivity index (χ3n) is 5.33. The smallest absolute Gasteiger partial charge is 0.251 e. The van der Waals surface area contributed by atoms with E-state index in [1.807, 2.05) is 24.3 Å². The van der Waals surface area contributed by atoms with Gasteiger partial charge < -0.3 is 24.8 Å². The van der Waals surface area contributed by atoms with Gasteiger partial charge in [0.1, 0.15) is 11.9 Å². The summed E-state index contributed by atoms with van der Waals surface area (Å²) in [4.78, 5) is 12.5. The Morgan fingerprint density at radius 1 is 1.22 bits per heavy atom. The van der Waals surface area contributed by atoms with Gasteiger partial charge in [0.05, 0.1) is 19.8 Å². The normalized spacial score (nSPS) is 19.7. The number of carbonyl (C=O) groups is 1. The van der Waals surface area contributed by atoms with Crippen molar-refractivity contribution in [3.05, 3.63) is 29.8 Å². The quantitative estimate of drug-likeness (QED) is 0.738. The van der Waals surface area contributed by atoms with Gasteiger partial charge in [-0.15, -0.1) is 12.4 Å². The molecular formula is C20H31ClN2O4. The molecule has 2 aliphatic rings. The lowest BCUT2D eigenvalue weighted by atomic mass is 9.79. The maximum absolute atomic E-state index is 12.5. The van der Waals surface area contributed by atoms with Crippen LogP contribution in [0.15, 0.2) is 24.3 Å². The first-order valence-electron chi connectivity index (χ1n) is 9.53. The third-order valence-corrected chi connectivity index (χ3v) is 5.33. The summed E-state index contributed by atoms with van der Waals surface area (Å²) in [6.07, 6.45) is 4.06. The average Bonchev–Trinajstić information content (AvgIpc) is 2.69. The molecule has 2 heterocycles. The Morgan fingerprint density at radius 2 is 1.89 bits per heavy atom. The van der Waals surface area contributed by atoms with Crippen LogP contribution in [0.2, 0.25) is 0 Å². The molecule has 152 valence electrons. The average molecular weight is 399 g/mol. The van der Waals surface area contributed by atoms with Gasteiger partial charge in [-0.1, -0.05) is 0 Å². The minimum Gasteiger partial charge on any atom is -0.490 e. The number of ether oxygens (including phenoxy) is 3. The van der Waals surface area contributed by atoms with Crippen LogP contribution in [0.3, 0.4) is 0 Å². The van der Waals surface area contributed by atoms with E-state index in [2.05, 4.69) is 10.6 Å². The van der Waals surface area contributed by atoms with Crippen LogP contribution in [0.25, 0.3) is 0 Å². The lowest BCUT2D eigenvalue weighted by Gasteiger charge is -2.37. The number of rotatable bonds is 7. The molecule has 0 unspecified atom stereocenters. The fourth-order valence-corrected chi connectivity index (χ4v) is 3.68. The molecular weight excluding hydrogens is 368 g/mol. The van der Waals surface area contributed by atoms with Crippen LogP contribution in [0.5, 0.6) is 5.75 Å². The van der Waals surface area contributed by atoms with Crippen molar-refractivity contribution in [2.45, 2.75) is 31.8 Å². The van der Waals surface area contributed by atoms with Crippen molar-refractivity contribution in [2.24, 2.45) is 5.41 Å². The lowest BCUT2D eigenvalue weighted by molar-refractivity contribution is 0.0256. The van der Waals surface area contributed by atoms with Crippen LogP contribution in [0, 0.1) is 5.41 Å². The van der Waals surface area contributed by atoms with E-state index in [0.717, 1.165) is 57.7 Å². The van der Waals surface area contributed by atoms with Crippen molar-refractivity contribution < 1.29 is 19.0 Å². The van der Waals surface area contributed by atoms with Crippen molar-refractivity contribution in [3.8, 4) is 5.75 Å². The number of piperidine rings is 1. The first-order chi connectivity index (χ1) is 12.7. The van der Waals surface area contributed by atoms with Crippen LogP contribution in [-0.2, 0) is 9.47 Å². The number of hydrogen-bond donors (Lipinski definition) is 2. The highest BCUT2D eigenvalue weighted by molar-refractivity contribution is 5.94. The van der Waals surface area contributed by atoms with E-state index in [0.29, 0.717) is 18.7 Å². The molecule has 0 atom stereocenters. The number of halogens is 1. The molecule has 6 nitrogen and oxygen atoms in total. The molecule has 0 saturated carbocycles. The van der Waals surface area contributed by atoms with Crippen molar-refractivity contribution in [3.63, 3.8) is 0 Å². The summed E-state index contributed by atoms with van der Waals surface area (Å²) in [5.74, 6) is 0.763. The molecule has 1 aromatic rings. The maximum atomic E-state index is 12.5. The van der Waals surface area contributed by atoms with E-state index in [9.17, 15) is 4.79 Å². The van der Waals surface area contributed by atoms with Crippen molar-refractivity contribution in [1.29, 1.82) is 0 Å². The molecule has 3 rings (SSSR count). The van der Waals surface area contributed by atoms with E-state index < -0.39 is 0 Å². The molecule has 2 fully saturated rings. The second-order valence-electron chi connectivity index (χ2n) is 7.32. The largest absolute Gasteiger partial charge is 0.490 e. The zero-order valence-electron chi connectivity index (χ0n) is 16.0.